The lowest BCUT2D eigenvalue weighted by Gasteiger charge is -2.29. The summed E-state index contributed by atoms with van der Waals surface area (Å²) in [7, 11) is 0. The van der Waals surface area contributed by atoms with Gasteiger partial charge in [0, 0.05) is 13.1 Å². The summed E-state index contributed by atoms with van der Waals surface area (Å²) in [5.41, 5.74) is 1.70. The normalized spacial score (nSPS) is 14.5. The van der Waals surface area contributed by atoms with Crippen LogP contribution in [-0.4, -0.2) is 22.9 Å². The highest BCUT2D eigenvalue weighted by Crippen LogP contribution is 2.30. The van der Waals surface area contributed by atoms with E-state index in [1.54, 1.807) is 12.1 Å². The van der Waals surface area contributed by atoms with Crippen molar-refractivity contribution in [1.29, 1.82) is 0 Å². The van der Waals surface area contributed by atoms with Gasteiger partial charge in [-0.15, -0.1) is 13.2 Å². The van der Waals surface area contributed by atoms with Gasteiger partial charge in [-0.2, -0.15) is 0 Å². The van der Waals surface area contributed by atoms with Crippen LogP contribution in [0.3, 0.4) is 0 Å². The van der Waals surface area contributed by atoms with Gasteiger partial charge >= 0.3 is 6.36 Å². The molecule has 24 heavy (non-hydrogen) atoms. The number of hydrogen-bond acceptors (Lipinski definition) is 4. The van der Waals surface area contributed by atoms with Crippen molar-refractivity contribution >= 4 is 33.3 Å². The van der Waals surface area contributed by atoms with Crippen LogP contribution in [0, 0.1) is 0 Å². The van der Waals surface area contributed by atoms with E-state index in [1.165, 1.54) is 12.1 Å². The minimum absolute atomic E-state index is 0.239. The molecule has 0 amide bonds. The van der Waals surface area contributed by atoms with Crippen molar-refractivity contribution in [3.05, 3.63) is 45.3 Å². The van der Waals surface area contributed by atoms with E-state index < -0.39 is 6.36 Å². The van der Waals surface area contributed by atoms with Gasteiger partial charge in [0.2, 0.25) is 0 Å². The Labute approximate surface area is 149 Å². The van der Waals surface area contributed by atoms with Gasteiger partial charge in [0.05, 0.1) is 5.69 Å². The summed E-state index contributed by atoms with van der Waals surface area (Å²) in [6.45, 7) is 1.28. The van der Waals surface area contributed by atoms with Crippen LogP contribution >= 0.6 is 27.5 Å². The molecule has 2 heterocycles. The molecule has 3 rings (SSSR count). The molecule has 0 aliphatic carbocycles. The highest BCUT2D eigenvalue weighted by Gasteiger charge is 2.31. The maximum atomic E-state index is 12.2. The number of halogens is 5. The Morgan fingerprint density at radius 1 is 1.21 bits per heavy atom. The minimum Gasteiger partial charge on any atom is -0.406 e. The van der Waals surface area contributed by atoms with Crippen LogP contribution in [0.5, 0.6) is 5.75 Å². The average molecular weight is 423 g/mol. The van der Waals surface area contributed by atoms with Crippen LogP contribution in [0.25, 0.3) is 0 Å². The molecule has 1 aromatic heterocycles. The van der Waals surface area contributed by atoms with Gasteiger partial charge in [-0.25, -0.2) is 9.97 Å². The summed E-state index contributed by atoms with van der Waals surface area (Å²) in [6.07, 6.45) is -2.95. The van der Waals surface area contributed by atoms with Crippen LogP contribution < -0.4 is 9.64 Å². The van der Waals surface area contributed by atoms with Gasteiger partial charge in [0.15, 0.2) is 11.0 Å². The molecule has 1 aliphatic heterocycles. The van der Waals surface area contributed by atoms with E-state index >= 15 is 0 Å². The van der Waals surface area contributed by atoms with Crippen LogP contribution in [0.4, 0.5) is 19.0 Å². The molecule has 0 atom stereocenters. The molecule has 1 aromatic carbocycles. The van der Waals surface area contributed by atoms with Crippen molar-refractivity contribution in [2.45, 2.75) is 25.7 Å². The average Bonchev–Trinajstić information content (AvgIpc) is 2.50. The minimum atomic E-state index is -4.69. The molecule has 0 spiro atoms. The molecule has 128 valence electrons. The summed E-state index contributed by atoms with van der Waals surface area (Å²) >= 11 is 9.29. The number of hydrogen-bond donors (Lipinski definition) is 0. The summed E-state index contributed by atoms with van der Waals surface area (Å²) in [5, 5.41) is 0.287. The first-order chi connectivity index (χ1) is 11.3. The molecular weight excluding hydrogens is 411 g/mol. The van der Waals surface area contributed by atoms with Crippen LogP contribution in [0.15, 0.2) is 28.9 Å². The van der Waals surface area contributed by atoms with Crippen LogP contribution in [0.1, 0.15) is 17.7 Å². The molecule has 4 nitrogen and oxygen atoms in total. The van der Waals surface area contributed by atoms with Gasteiger partial charge in [0.25, 0.3) is 0 Å². The molecule has 0 fully saturated rings. The summed E-state index contributed by atoms with van der Waals surface area (Å²) < 4.78 is 41.0. The molecule has 1 aliphatic rings. The Bertz CT molecular complexity index is 740. The Morgan fingerprint density at radius 3 is 2.58 bits per heavy atom. The van der Waals surface area contributed by atoms with E-state index in [4.69, 9.17) is 11.6 Å². The van der Waals surface area contributed by atoms with Crippen molar-refractivity contribution in [3.8, 4) is 5.75 Å². The predicted molar refractivity (Wildman–Crippen MR) is 87.2 cm³/mol. The molecule has 0 N–H and O–H groups in total. The second-order valence-electron chi connectivity index (χ2n) is 5.29. The monoisotopic (exact) mass is 421 g/mol. The number of rotatable bonds is 3. The molecule has 0 unspecified atom stereocenters. The summed E-state index contributed by atoms with van der Waals surface area (Å²) in [4.78, 5) is 10.8. The zero-order valence-corrected chi connectivity index (χ0v) is 14.6. The molecule has 0 radical (unpaired) electrons. The van der Waals surface area contributed by atoms with Gasteiger partial charge in [-0.1, -0.05) is 23.7 Å². The number of ether oxygens (including phenoxy) is 1. The van der Waals surface area contributed by atoms with Crippen LogP contribution in [-0.2, 0) is 13.0 Å². The van der Waals surface area contributed by atoms with E-state index in [0.717, 1.165) is 30.6 Å². The van der Waals surface area contributed by atoms with Gasteiger partial charge in [0.1, 0.15) is 10.4 Å². The van der Waals surface area contributed by atoms with Crippen LogP contribution in [0.2, 0.25) is 5.15 Å². The maximum Gasteiger partial charge on any atom is 0.573 e. The van der Waals surface area contributed by atoms with E-state index in [2.05, 4.69) is 30.6 Å². The highest BCUT2D eigenvalue weighted by molar-refractivity contribution is 9.10. The van der Waals surface area contributed by atoms with Crippen molar-refractivity contribution in [2.75, 3.05) is 11.4 Å². The molecule has 9 heteroatoms. The number of aromatic nitrogens is 2. The van der Waals surface area contributed by atoms with E-state index in [9.17, 15) is 13.2 Å². The van der Waals surface area contributed by atoms with Gasteiger partial charge < -0.3 is 9.64 Å². The number of aryl methyl sites for hydroxylation is 1. The summed E-state index contributed by atoms with van der Waals surface area (Å²) in [5.74, 6) is 0.474. The number of benzene rings is 1. The Balaban J connectivity index is 1.77. The third kappa shape index (κ3) is 4.10. The topological polar surface area (TPSA) is 38.2 Å². The number of alkyl halides is 3. The molecular formula is C15H12BrClF3N3O. The smallest absolute Gasteiger partial charge is 0.406 e. The van der Waals surface area contributed by atoms with E-state index in [0.29, 0.717) is 17.0 Å². The highest BCUT2D eigenvalue weighted by atomic mass is 79.9. The fourth-order valence-electron chi connectivity index (χ4n) is 2.55. The molecule has 0 saturated carbocycles. The third-order valence-electron chi connectivity index (χ3n) is 3.54. The number of fused-ring (bicyclic) bond motifs is 1. The Hall–Kier alpha value is -1.54. The van der Waals surface area contributed by atoms with E-state index in [1.807, 2.05) is 4.90 Å². The number of anilines is 1. The maximum absolute atomic E-state index is 12.2. The Kier molecular flexibility index (Phi) is 4.87. The molecule has 0 bridgehead atoms. The van der Waals surface area contributed by atoms with E-state index in [-0.39, 0.29) is 10.9 Å². The Morgan fingerprint density at radius 2 is 1.92 bits per heavy atom. The first kappa shape index (κ1) is 17.3. The van der Waals surface area contributed by atoms with Crippen molar-refractivity contribution < 1.29 is 17.9 Å². The first-order valence-electron chi connectivity index (χ1n) is 7.13. The van der Waals surface area contributed by atoms with Crippen molar-refractivity contribution in [2.24, 2.45) is 0 Å². The summed E-state index contributed by atoms with van der Waals surface area (Å²) in [6, 6.07) is 5.80. The zero-order chi connectivity index (χ0) is 17.3. The largest absolute Gasteiger partial charge is 0.573 e. The zero-order valence-electron chi connectivity index (χ0n) is 12.3. The third-order valence-corrected chi connectivity index (χ3v) is 4.58. The lowest BCUT2D eigenvalue weighted by atomic mass is 10.1. The SMILES string of the molecule is FC(F)(F)Oc1ccc(CN2CCCc3nc(Br)c(Cl)nc32)cc1. The predicted octanol–water partition coefficient (Wildman–Crippen LogP) is 4.74. The fourth-order valence-corrected chi connectivity index (χ4v) is 2.98. The standard InChI is InChI=1S/C15H12BrClF3N3O/c16-12-13(17)22-14-11(21-12)2-1-7-23(14)8-9-3-5-10(6-4-9)24-15(18,19)20/h3-6H,1-2,7-8H2. The van der Waals surface area contributed by atoms with Crippen molar-refractivity contribution in [3.63, 3.8) is 0 Å². The lowest BCUT2D eigenvalue weighted by Crippen LogP contribution is -2.30. The van der Waals surface area contributed by atoms with Crippen molar-refractivity contribution in [1.82, 2.24) is 9.97 Å². The molecule has 2 aromatic rings. The molecule has 0 saturated heterocycles. The number of nitrogens with zero attached hydrogens (tertiary/aromatic N) is 3. The fraction of sp³-hybridized carbons (Fsp3) is 0.333. The second-order valence-corrected chi connectivity index (χ2v) is 6.40. The first-order valence-corrected chi connectivity index (χ1v) is 8.30. The van der Waals surface area contributed by atoms with Gasteiger partial charge in [-0.3, -0.25) is 0 Å². The second kappa shape index (κ2) is 6.76. The lowest BCUT2D eigenvalue weighted by molar-refractivity contribution is -0.274. The quantitative estimate of drug-likeness (QED) is 0.716. The van der Waals surface area contributed by atoms with Gasteiger partial charge in [-0.05, 0) is 46.5 Å².